The van der Waals surface area contributed by atoms with Gasteiger partial charge in [0.15, 0.2) is 18.2 Å². The number of rotatable bonds is 4. The van der Waals surface area contributed by atoms with Crippen molar-refractivity contribution in [3.63, 3.8) is 0 Å². The fraction of sp³-hybridized carbons (Fsp3) is 0.0769. The van der Waals surface area contributed by atoms with Gasteiger partial charge >= 0.3 is 0 Å². The van der Waals surface area contributed by atoms with E-state index in [-0.39, 0.29) is 5.78 Å². The lowest BCUT2D eigenvalue weighted by molar-refractivity contribution is -0.378. The normalized spacial score (nSPS) is 9.88. The minimum atomic E-state index is -0.0252. The highest BCUT2D eigenvalue weighted by molar-refractivity contribution is 6.01. The largest absolute Gasteiger partial charge is 0.294 e. The van der Waals surface area contributed by atoms with Gasteiger partial charge in [-0.15, -0.1) is 0 Å². The molecule has 2 N–H and O–H groups in total. The number of ketones is 1. The first-order chi connectivity index (χ1) is 8.31. The second-order valence-electron chi connectivity index (χ2n) is 3.64. The zero-order chi connectivity index (χ0) is 12.1. The molecule has 0 amide bonds. The van der Waals surface area contributed by atoms with Gasteiger partial charge in [-0.1, -0.05) is 12.1 Å². The Balaban J connectivity index is 2.23. The van der Waals surface area contributed by atoms with Crippen LogP contribution in [0.2, 0.25) is 0 Å². The van der Waals surface area contributed by atoms with E-state index >= 15 is 0 Å². The minimum absolute atomic E-state index is 0.0252. The van der Waals surface area contributed by atoms with Gasteiger partial charge in [0, 0.05) is 24.1 Å². The van der Waals surface area contributed by atoms with Gasteiger partial charge in [0.05, 0.1) is 5.69 Å². The number of carbonyl (C=O) groups excluding carboxylic acids is 1. The molecule has 0 aliphatic carbocycles. The van der Waals surface area contributed by atoms with Crippen molar-refractivity contribution in [3.05, 3.63) is 59.9 Å². The third-order valence-corrected chi connectivity index (χ3v) is 2.48. The van der Waals surface area contributed by atoms with Crippen LogP contribution in [0.5, 0.6) is 0 Å². The van der Waals surface area contributed by atoms with Crippen LogP contribution in [-0.2, 0) is 6.42 Å². The van der Waals surface area contributed by atoms with E-state index in [2.05, 4.69) is 10.1 Å². The molecule has 0 atom stereocenters. The van der Waals surface area contributed by atoms with Gasteiger partial charge in [0.1, 0.15) is 0 Å². The van der Waals surface area contributed by atoms with Crippen LogP contribution < -0.4 is 4.98 Å². The lowest BCUT2D eigenvalue weighted by Crippen LogP contribution is -2.06. The van der Waals surface area contributed by atoms with Crippen LogP contribution in [0.1, 0.15) is 15.9 Å². The number of H-pyrrole nitrogens is 1. The van der Waals surface area contributed by atoms with Crippen molar-refractivity contribution in [2.45, 2.75) is 6.42 Å². The van der Waals surface area contributed by atoms with Gasteiger partial charge in [-0.2, -0.15) is 5.11 Å². The topological polar surface area (TPSA) is 67.4 Å². The van der Waals surface area contributed by atoms with E-state index in [1.165, 1.54) is 0 Å². The molecule has 0 radical (unpaired) electrons. The van der Waals surface area contributed by atoms with Crippen molar-refractivity contribution in [2.24, 2.45) is 5.11 Å². The Labute approximate surface area is 98.8 Å². The van der Waals surface area contributed by atoms with Crippen molar-refractivity contribution >= 4 is 11.5 Å². The second kappa shape index (κ2) is 5.12. The zero-order valence-corrected chi connectivity index (χ0v) is 9.18. The van der Waals surface area contributed by atoms with E-state index in [1.54, 1.807) is 36.7 Å². The lowest BCUT2D eigenvalue weighted by Gasteiger charge is -2.02. The molecule has 17 heavy (non-hydrogen) atoms. The molecule has 1 aromatic carbocycles. The van der Waals surface area contributed by atoms with Gasteiger partial charge < -0.3 is 0 Å². The molecule has 0 fully saturated rings. The number of carbonyl (C=O) groups is 1. The Bertz CT molecular complexity index is 537. The molecule has 4 heteroatoms. The summed E-state index contributed by atoms with van der Waals surface area (Å²) in [6.07, 6.45) is 3.88. The maximum atomic E-state index is 12.0. The first kappa shape index (κ1) is 11.1. The van der Waals surface area contributed by atoms with Crippen LogP contribution in [0.15, 0.2) is 53.9 Å². The van der Waals surface area contributed by atoms with Crippen LogP contribution in [0.4, 0.5) is 5.69 Å². The number of hydrogen-bond acceptors (Lipinski definition) is 3. The number of benzene rings is 1. The summed E-state index contributed by atoms with van der Waals surface area (Å²) in [6, 6.07) is 10.6. The van der Waals surface area contributed by atoms with E-state index in [9.17, 15) is 4.79 Å². The van der Waals surface area contributed by atoms with Gasteiger partial charge in [-0.25, -0.2) is 10.5 Å². The molecule has 2 rings (SSSR count). The molecule has 0 saturated heterocycles. The predicted octanol–water partition coefficient (Wildman–Crippen LogP) is 2.59. The fourth-order valence-corrected chi connectivity index (χ4v) is 1.63. The van der Waals surface area contributed by atoms with Crippen molar-refractivity contribution < 1.29 is 9.78 Å². The summed E-state index contributed by atoms with van der Waals surface area (Å²) >= 11 is 0. The number of nitrogens with one attached hydrogen (secondary N) is 2. The standard InChI is InChI=1S/C13H11N3O/c14-16-12-4-2-1-3-11(12)13(17)9-10-5-7-15-8-6-10/h1-8,14H,9H2/p+1. The Kier molecular flexibility index (Phi) is 3.35. The average Bonchev–Trinajstić information content (AvgIpc) is 2.40. The predicted molar refractivity (Wildman–Crippen MR) is 62.3 cm³/mol. The maximum absolute atomic E-state index is 12.0. The highest BCUT2D eigenvalue weighted by Crippen LogP contribution is 2.19. The smallest absolute Gasteiger partial charge is 0.169 e. The van der Waals surface area contributed by atoms with Crippen LogP contribution in [-0.4, -0.2) is 5.78 Å². The average molecular weight is 226 g/mol. The first-order valence-corrected chi connectivity index (χ1v) is 5.26. The molecule has 0 spiro atoms. The van der Waals surface area contributed by atoms with Crippen molar-refractivity contribution in [2.75, 3.05) is 0 Å². The quantitative estimate of drug-likeness (QED) is 0.631. The molecule has 84 valence electrons. The molecule has 2 aromatic rings. The second-order valence-corrected chi connectivity index (χ2v) is 3.64. The summed E-state index contributed by atoms with van der Waals surface area (Å²) in [6.45, 7) is 0. The summed E-state index contributed by atoms with van der Waals surface area (Å²) in [5.74, 6) is -0.0252. The third kappa shape index (κ3) is 2.60. The summed E-state index contributed by atoms with van der Waals surface area (Å²) < 4.78 is 0. The number of nitrogens with zero attached hydrogens (tertiary/aromatic N) is 1. The van der Waals surface area contributed by atoms with E-state index < -0.39 is 0 Å². The van der Waals surface area contributed by atoms with Crippen LogP contribution in [0.3, 0.4) is 0 Å². The Morgan fingerprint density at radius 3 is 2.59 bits per heavy atom. The number of aromatic nitrogens is 1. The molecule has 1 aromatic heterocycles. The maximum Gasteiger partial charge on any atom is 0.169 e. The monoisotopic (exact) mass is 226 g/mol. The fourth-order valence-electron chi connectivity index (χ4n) is 1.63. The highest BCUT2D eigenvalue weighted by atomic mass is 16.1. The van der Waals surface area contributed by atoms with Crippen LogP contribution in [0.25, 0.3) is 0 Å². The SMILES string of the molecule is N=Nc1ccccc1C(=O)Cc1cc[nH+]cc1. The molecule has 4 nitrogen and oxygen atoms in total. The van der Waals surface area contributed by atoms with Crippen LogP contribution in [0, 0.1) is 5.53 Å². The highest BCUT2D eigenvalue weighted by Gasteiger charge is 2.11. The van der Waals surface area contributed by atoms with E-state index in [0.717, 1.165) is 5.56 Å². The van der Waals surface area contributed by atoms with E-state index in [1.807, 2.05) is 12.1 Å². The number of aromatic amines is 1. The van der Waals surface area contributed by atoms with Crippen molar-refractivity contribution in [3.8, 4) is 0 Å². The van der Waals surface area contributed by atoms with Gasteiger partial charge in [0.2, 0.25) is 0 Å². The molecular formula is C13H12N3O+. The Morgan fingerprint density at radius 1 is 1.18 bits per heavy atom. The summed E-state index contributed by atoms with van der Waals surface area (Å²) in [4.78, 5) is 14.9. The Hall–Kier alpha value is -2.36. The number of hydrogen-bond donors (Lipinski definition) is 1. The molecule has 0 aliphatic rings. The Morgan fingerprint density at radius 2 is 1.88 bits per heavy atom. The summed E-state index contributed by atoms with van der Waals surface area (Å²) in [7, 11) is 0. The number of pyridine rings is 1. The molecule has 0 bridgehead atoms. The lowest BCUT2D eigenvalue weighted by atomic mass is 10.0. The minimum Gasteiger partial charge on any atom is -0.294 e. The van der Waals surface area contributed by atoms with Crippen LogP contribution >= 0.6 is 0 Å². The zero-order valence-electron chi connectivity index (χ0n) is 9.18. The van der Waals surface area contributed by atoms with E-state index in [0.29, 0.717) is 17.7 Å². The van der Waals surface area contributed by atoms with Gasteiger partial charge in [-0.3, -0.25) is 4.79 Å². The van der Waals surface area contributed by atoms with E-state index in [4.69, 9.17) is 5.53 Å². The number of para-hydroxylation sites is 1. The summed E-state index contributed by atoms with van der Waals surface area (Å²) in [5.41, 5.74) is 8.88. The third-order valence-electron chi connectivity index (χ3n) is 2.48. The molecular weight excluding hydrogens is 214 g/mol. The molecule has 1 heterocycles. The summed E-state index contributed by atoms with van der Waals surface area (Å²) in [5, 5.41) is 3.36. The van der Waals surface area contributed by atoms with Gasteiger partial charge in [0.25, 0.3) is 0 Å². The van der Waals surface area contributed by atoms with Gasteiger partial charge in [-0.05, 0) is 17.7 Å². The molecule has 0 aliphatic heterocycles. The molecule has 0 saturated carbocycles. The first-order valence-electron chi connectivity index (χ1n) is 5.26. The van der Waals surface area contributed by atoms with Crippen molar-refractivity contribution in [1.82, 2.24) is 0 Å². The number of Topliss-reactive ketones (excluding diaryl/α,β-unsaturated/α-hetero) is 1. The van der Waals surface area contributed by atoms with Crippen molar-refractivity contribution in [1.29, 1.82) is 5.53 Å². The molecule has 0 unspecified atom stereocenters.